The first-order valence-corrected chi connectivity index (χ1v) is 8.48. The number of hydrogen-bond donors (Lipinski definition) is 1. The first-order valence-electron chi connectivity index (χ1n) is 8.48. The molecule has 2 aliphatic heterocycles. The average Bonchev–Trinajstić information content (AvgIpc) is 3.27. The van der Waals surface area contributed by atoms with Crippen molar-refractivity contribution in [2.75, 3.05) is 38.8 Å². The second-order valence-electron chi connectivity index (χ2n) is 6.55. The molecule has 2 aliphatic rings. The van der Waals surface area contributed by atoms with Crippen molar-refractivity contribution < 1.29 is 29.0 Å². The molecule has 140 valence electrons. The number of anilines is 1. The molecular weight excluding hydrogens is 340 g/mol. The number of likely N-dealkylation sites (tertiary alicyclic amines) is 1. The molecule has 0 aromatic heterocycles. The van der Waals surface area contributed by atoms with Crippen LogP contribution in [0.5, 0.6) is 11.5 Å². The van der Waals surface area contributed by atoms with E-state index in [4.69, 9.17) is 14.6 Å². The summed E-state index contributed by atoms with van der Waals surface area (Å²) in [7, 11) is 3.06. The Balaban J connectivity index is 1.73. The Morgan fingerprint density at radius 3 is 2.54 bits per heavy atom. The van der Waals surface area contributed by atoms with E-state index in [0.29, 0.717) is 30.2 Å². The van der Waals surface area contributed by atoms with Gasteiger partial charge in [-0.25, -0.2) is 0 Å². The van der Waals surface area contributed by atoms with E-state index in [9.17, 15) is 14.4 Å². The Labute approximate surface area is 151 Å². The van der Waals surface area contributed by atoms with E-state index >= 15 is 0 Å². The molecule has 0 saturated carbocycles. The van der Waals surface area contributed by atoms with Gasteiger partial charge in [-0.1, -0.05) is 0 Å². The number of hydrogen-bond acceptors (Lipinski definition) is 5. The van der Waals surface area contributed by atoms with Crippen molar-refractivity contribution in [3.05, 3.63) is 18.2 Å². The maximum Gasteiger partial charge on any atom is 0.308 e. The minimum atomic E-state index is -0.882. The van der Waals surface area contributed by atoms with Crippen LogP contribution in [0.25, 0.3) is 0 Å². The number of amides is 2. The van der Waals surface area contributed by atoms with Crippen molar-refractivity contribution in [2.24, 2.45) is 11.8 Å². The highest BCUT2D eigenvalue weighted by molar-refractivity contribution is 6.01. The van der Waals surface area contributed by atoms with Crippen molar-refractivity contribution in [1.29, 1.82) is 0 Å². The number of carboxylic acids is 1. The molecule has 3 rings (SSSR count). The van der Waals surface area contributed by atoms with Crippen LogP contribution in [0.2, 0.25) is 0 Å². The summed E-state index contributed by atoms with van der Waals surface area (Å²) < 4.78 is 10.5. The van der Waals surface area contributed by atoms with Gasteiger partial charge < -0.3 is 24.4 Å². The van der Waals surface area contributed by atoms with Gasteiger partial charge in [-0.15, -0.1) is 0 Å². The molecule has 2 fully saturated rings. The molecule has 2 atom stereocenters. The first kappa shape index (κ1) is 18.0. The third-order valence-electron chi connectivity index (χ3n) is 5.00. The molecular formula is C18H22N2O6. The normalized spacial score (nSPS) is 22.6. The number of carboxylic acid groups (broad SMARTS) is 1. The summed E-state index contributed by atoms with van der Waals surface area (Å²) in [6.45, 7) is 0.894. The Morgan fingerprint density at radius 2 is 1.92 bits per heavy atom. The lowest BCUT2D eigenvalue weighted by atomic mass is 10.1. The van der Waals surface area contributed by atoms with E-state index in [1.165, 1.54) is 7.11 Å². The van der Waals surface area contributed by atoms with Crippen molar-refractivity contribution >= 4 is 23.5 Å². The maximum absolute atomic E-state index is 12.7. The van der Waals surface area contributed by atoms with Crippen LogP contribution in [-0.4, -0.2) is 61.6 Å². The Bertz CT molecular complexity index is 734. The van der Waals surface area contributed by atoms with E-state index in [0.717, 1.165) is 0 Å². The topological polar surface area (TPSA) is 96.4 Å². The fourth-order valence-electron chi connectivity index (χ4n) is 3.53. The molecule has 0 spiro atoms. The second kappa shape index (κ2) is 7.23. The lowest BCUT2D eigenvalue weighted by Crippen LogP contribution is -2.36. The number of rotatable bonds is 5. The number of carbonyl (C=O) groups excluding carboxylic acids is 2. The smallest absolute Gasteiger partial charge is 0.308 e. The van der Waals surface area contributed by atoms with Gasteiger partial charge in [-0.05, 0) is 18.6 Å². The van der Waals surface area contributed by atoms with Crippen LogP contribution in [0.3, 0.4) is 0 Å². The summed E-state index contributed by atoms with van der Waals surface area (Å²) >= 11 is 0. The third kappa shape index (κ3) is 3.31. The van der Waals surface area contributed by atoms with Crippen molar-refractivity contribution in [1.82, 2.24) is 4.90 Å². The summed E-state index contributed by atoms with van der Waals surface area (Å²) in [6.07, 6.45) is 0.569. The van der Waals surface area contributed by atoms with E-state index in [-0.39, 0.29) is 31.3 Å². The minimum Gasteiger partial charge on any atom is -0.497 e. The number of nitrogens with zero attached hydrogens (tertiary/aromatic N) is 2. The molecule has 0 aliphatic carbocycles. The average molecular weight is 362 g/mol. The van der Waals surface area contributed by atoms with Gasteiger partial charge in [-0.3, -0.25) is 14.4 Å². The molecule has 1 aromatic carbocycles. The number of aliphatic carboxylic acids is 1. The van der Waals surface area contributed by atoms with Crippen LogP contribution in [0, 0.1) is 11.8 Å². The van der Waals surface area contributed by atoms with Gasteiger partial charge in [0.1, 0.15) is 11.5 Å². The predicted octanol–water partition coefficient (Wildman–Crippen LogP) is 0.990. The zero-order valence-corrected chi connectivity index (χ0v) is 14.8. The van der Waals surface area contributed by atoms with Crippen molar-refractivity contribution in [3.63, 3.8) is 0 Å². The molecule has 0 bridgehead atoms. The van der Waals surface area contributed by atoms with Crippen LogP contribution in [0.1, 0.15) is 12.8 Å². The summed E-state index contributed by atoms with van der Waals surface area (Å²) in [6, 6.07) is 5.16. The molecule has 8 nitrogen and oxygen atoms in total. The van der Waals surface area contributed by atoms with Crippen molar-refractivity contribution in [2.45, 2.75) is 12.8 Å². The standard InChI is InChI=1S/C18H22N2O6/c1-25-13-3-4-14(15(8-13)26-2)20-10-12(7-16(20)21)17(22)19-6-5-11(9-19)18(23)24/h3-4,8,11-12H,5-7,9-10H2,1-2H3,(H,23,24)/t11-,12+/m0/s1. The summed E-state index contributed by atoms with van der Waals surface area (Å²) in [5.41, 5.74) is 0.596. The monoisotopic (exact) mass is 362 g/mol. The van der Waals surface area contributed by atoms with Gasteiger partial charge in [0, 0.05) is 32.1 Å². The number of ether oxygens (including phenoxy) is 2. The number of carbonyl (C=O) groups is 3. The molecule has 2 saturated heterocycles. The van der Waals surface area contributed by atoms with E-state index < -0.39 is 17.8 Å². The predicted molar refractivity (Wildman–Crippen MR) is 92.3 cm³/mol. The van der Waals surface area contributed by atoms with E-state index in [2.05, 4.69) is 0 Å². The second-order valence-corrected chi connectivity index (χ2v) is 6.55. The Kier molecular flexibility index (Phi) is 5.01. The maximum atomic E-state index is 12.7. The zero-order valence-electron chi connectivity index (χ0n) is 14.8. The number of benzene rings is 1. The molecule has 1 N–H and O–H groups in total. The summed E-state index contributed by atoms with van der Waals surface area (Å²) in [5, 5.41) is 9.09. The SMILES string of the molecule is COc1ccc(N2C[C@H](C(=O)N3CC[C@H](C(=O)O)C3)CC2=O)c(OC)c1. The van der Waals surface area contributed by atoms with Gasteiger partial charge in [0.15, 0.2) is 0 Å². The first-order chi connectivity index (χ1) is 12.4. The molecule has 26 heavy (non-hydrogen) atoms. The highest BCUT2D eigenvalue weighted by Gasteiger charge is 2.40. The van der Waals surface area contributed by atoms with Gasteiger partial charge in [-0.2, -0.15) is 0 Å². The van der Waals surface area contributed by atoms with Gasteiger partial charge in [0.2, 0.25) is 11.8 Å². The quantitative estimate of drug-likeness (QED) is 0.839. The number of methoxy groups -OCH3 is 2. The molecule has 2 heterocycles. The largest absolute Gasteiger partial charge is 0.497 e. The van der Waals surface area contributed by atoms with E-state index in [1.807, 2.05) is 0 Å². The minimum absolute atomic E-state index is 0.113. The van der Waals surface area contributed by atoms with Crippen LogP contribution < -0.4 is 14.4 Å². The van der Waals surface area contributed by atoms with Crippen LogP contribution in [0.4, 0.5) is 5.69 Å². The van der Waals surface area contributed by atoms with Crippen LogP contribution in [0.15, 0.2) is 18.2 Å². The molecule has 0 unspecified atom stereocenters. The highest BCUT2D eigenvalue weighted by Crippen LogP contribution is 2.36. The van der Waals surface area contributed by atoms with Crippen LogP contribution >= 0.6 is 0 Å². The Morgan fingerprint density at radius 1 is 1.15 bits per heavy atom. The van der Waals surface area contributed by atoms with Gasteiger partial charge in [0.25, 0.3) is 0 Å². The van der Waals surface area contributed by atoms with E-state index in [1.54, 1.807) is 35.1 Å². The lowest BCUT2D eigenvalue weighted by Gasteiger charge is -2.22. The summed E-state index contributed by atoms with van der Waals surface area (Å²) in [4.78, 5) is 39.4. The van der Waals surface area contributed by atoms with Crippen LogP contribution in [-0.2, 0) is 14.4 Å². The summed E-state index contributed by atoms with van der Waals surface area (Å²) in [5.74, 6) is -1.07. The van der Waals surface area contributed by atoms with Gasteiger partial charge >= 0.3 is 5.97 Å². The fraction of sp³-hybridized carbons (Fsp3) is 0.500. The molecule has 1 aromatic rings. The molecule has 8 heteroatoms. The molecule has 2 amide bonds. The molecule has 0 radical (unpaired) electrons. The lowest BCUT2D eigenvalue weighted by molar-refractivity contribution is -0.141. The Hall–Kier alpha value is -2.77. The van der Waals surface area contributed by atoms with Gasteiger partial charge in [0.05, 0.1) is 31.7 Å². The van der Waals surface area contributed by atoms with Crippen molar-refractivity contribution in [3.8, 4) is 11.5 Å². The zero-order chi connectivity index (χ0) is 18.8. The fourth-order valence-corrected chi connectivity index (χ4v) is 3.53. The third-order valence-corrected chi connectivity index (χ3v) is 5.00. The highest BCUT2D eigenvalue weighted by atomic mass is 16.5.